The second kappa shape index (κ2) is 7.56. The van der Waals surface area contributed by atoms with Crippen molar-refractivity contribution in [3.8, 4) is 17.1 Å². The standard InChI is InChI=1S/C25H30N2/c1-7-11-20-13-10-12-19(4)23(20)27-17-16-26-24(27)21-14-8-9-15-22(21)25(5,6)18(2)3/h7-10,12-18H,1,11H2,2-6H3. The molecule has 0 aliphatic rings. The van der Waals surface area contributed by atoms with Crippen molar-refractivity contribution in [2.75, 3.05) is 0 Å². The fourth-order valence-electron chi connectivity index (χ4n) is 3.62. The number of hydrogen-bond acceptors (Lipinski definition) is 1. The van der Waals surface area contributed by atoms with E-state index in [0.29, 0.717) is 5.92 Å². The molecule has 2 nitrogen and oxygen atoms in total. The number of aryl methyl sites for hydroxylation is 1. The van der Waals surface area contributed by atoms with E-state index in [1.807, 2.05) is 12.3 Å². The third kappa shape index (κ3) is 3.49. The van der Waals surface area contributed by atoms with Crippen LogP contribution >= 0.6 is 0 Å². The summed E-state index contributed by atoms with van der Waals surface area (Å²) in [6.07, 6.45) is 6.78. The summed E-state index contributed by atoms with van der Waals surface area (Å²) in [7, 11) is 0. The molecule has 0 atom stereocenters. The summed E-state index contributed by atoms with van der Waals surface area (Å²) in [4.78, 5) is 4.78. The maximum atomic E-state index is 4.78. The van der Waals surface area contributed by atoms with Gasteiger partial charge < -0.3 is 0 Å². The molecule has 1 heterocycles. The number of rotatable bonds is 6. The molecule has 0 saturated carbocycles. The van der Waals surface area contributed by atoms with E-state index < -0.39 is 0 Å². The Morgan fingerprint density at radius 1 is 1.11 bits per heavy atom. The van der Waals surface area contributed by atoms with Crippen molar-refractivity contribution in [2.45, 2.75) is 46.5 Å². The summed E-state index contributed by atoms with van der Waals surface area (Å²) in [6.45, 7) is 15.3. The first kappa shape index (κ1) is 19.2. The minimum atomic E-state index is 0.0586. The van der Waals surface area contributed by atoms with E-state index in [9.17, 15) is 0 Å². The zero-order valence-corrected chi connectivity index (χ0v) is 17.2. The maximum absolute atomic E-state index is 4.78. The highest BCUT2D eigenvalue weighted by molar-refractivity contribution is 5.66. The Labute approximate surface area is 163 Å². The van der Waals surface area contributed by atoms with Crippen LogP contribution in [0.3, 0.4) is 0 Å². The van der Waals surface area contributed by atoms with Gasteiger partial charge in [0.2, 0.25) is 0 Å². The SMILES string of the molecule is C=CCc1cccc(C)c1-n1ccnc1-c1ccccc1C(C)(C)C(C)C. The number of para-hydroxylation sites is 1. The molecule has 0 unspecified atom stereocenters. The van der Waals surface area contributed by atoms with E-state index in [4.69, 9.17) is 4.98 Å². The molecule has 0 radical (unpaired) electrons. The molecule has 0 aliphatic heterocycles. The van der Waals surface area contributed by atoms with Crippen molar-refractivity contribution >= 4 is 0 Å². The molecule has 27 heavy (non-hydrogen) atoms. The highest BCUT2D eigenvalue weighted by Gasteiger charge is 2.28. The van der Waals surface area contributed by atoms with Crippen molar-refractivity contribution < 1.29 is 0 Å². The van der Waals surface area contributed by atoms with Gasteiger partial charge in [-0.2, -0.15) is 0 Å². The van der Waals surface area contributed by atoms with Crippen molar-refractivity contribution in [3.63, 3.8) is 0 Å². The number of hydrogen-bond donors (Lipinski definition) is 0. The molecule has 0 N–H and O–H groups in total. The van der Waals surface area contributed by atoms with Crippen LogP contribution in [0.15, 0.2) is 67.5 Å². The Bertz CT molecular complexity index is 944. The average Bonchev–Trinajstić information content (AvgIpc) is 3.11. The minimum Gasteiger partial charge on any atom is -0.299 e. The lowest BCUT2D eigenvalue weighted by Gasteiger charge is -2.32. The van der Waals surface area contributed by atoms with Crippen LogP contribution in [0.2, 0.25) is 0 Å². The second-order valence-electron chi connectivity index (χ2n) is 8.12. The first-order valence-corrected chi connectivity index (χ1v) is 9.71. The van der Waals surface area contributed by atoms with E-state index in [-0.39, 0.29) is 5.41 Å². The van der Waals surface area contributed by atoms with Crippen molar-refractivity contribution in [1.82, 2.24) is 9.55 Å². The molecule has 2 heteroatoms. The Balaban J connectivity index is 2.24. The Morgan fingerprint density at radius 3 is 2.56 bits per heavy atom. The molecular weight excluding hydrogens is 328 g/mol. The van der Waals surface area contributed by atoms with Crippen LogP contribution in [0.1, 0.15) is 44.4 Å². The van der Waals surface area contributed by atoms with Gasteiger partial charge in [-0.1, -0.05) is 76.2 Å². The van der Waals surface area contributed by atoms with E-state index in [0.717, 1.165) is 12.2 Å². The average molecular weight is 359 g/mol. The van der Waals surface area contributed by atoms with Gasteiger partial charge in [-0.15, -0.1) is 6.58 Å². The third-order valence-electron chi connectivity index (χ3n) is 5.87. The number of imidazole rings is 1. The first-order valence-electron chi connectivity index (χ1n) is 9.71. The van der Waals surface area contributed by atoms with Crippen molar-refractivity contribution in [2.24, 2.45) is 5.92 Å². The quantitative estimate of drug-likeness (QED) is 0.459. The summed E-state index contributed by atoms with van der Waals surface area (Å²) < 4.78 is 2.24. The predicted molar refractivity (Wildman–Crippen MR) is 116 cm³/mol. The van der Waals surface area contributed by atoms with Crippen LogP contribution < -0.4 is 0 Å². The number of allylic oxidation sites excluding steroid dienone is 1. The van der Waals surface area contributed by atoms with Gasteiger partial charge in [-0.05, 0) is 41.4 Å². The van der Waals surface area contributed by atoms with Crippen LogP contribution in [0.25, 0.3) is 17.1 Å². The lowest BCUT2D eigenvalue weighted by molar-refractivity contribution is 0.373. The Hall–Kier alpha value is -2.61. The zero-order chi connectivity index (χ0) is 19.6. The molecule has 140 valence electrons. The third-order valence-corrected chi connectivity index (χ3v) is 5.87. The smallest absolute Gasteiger partial charge is 0.144 e. The predicted octanol–water partition coefficient (Wildman–Crippen LogP) is 6.51. The van der Waals surface area contributed by atoms with Gasteiger partial charge in [0.25, 0.3) is 0 Å². The summed E-state index contributed by atoms with van der Waals surface area (Å²) in [5, 5.41) is 0. The zero-order valence-electron chi connectivity index (χ0n) is 17.2. The fourth-order valence-corrected chi connectivity index (χ4v) is 3.62. The minimum absolute atomic E-state index is 0.0586. The summed E-state index contributed by atoms with van der Waals surface area (Å²) in [6, 6.07) is 15.1. The fraction of sp³-hybridized carbons (Fsp3) is 0.320. The molecule has 0 saturated heterocycles. The molecule has 0 spiro atoms. The molecule has 0 amide bonds. The Kier molecular flexibility index (Phi) is 5.36. The van der Waals surface area contributed by atoms with Crippen LogP contribution in [0, 0.1) is 12.8 Å². The van der Waals surface area contributed by atoms with E-state index in [1.54, 1.807) is 0 Å². The van der Waals surface area contributed by atoms with Crippen LogP contribution in [-0.2, 0) is 11.8 Å². The highest BCUT2D eigenvalue weighted by Crippen LogP contribution is 2.38. The first-order chi connectivity index (χ1) is 12.9. The van der Waals surface area contributed by atoms with Gasteiger partial charge in [0.15, 0.2) is 0 Å². The van der Waals surface area contributed by atoms with E-state index >= 15 is 0 Å². The van der Waals surface area contributed by atoms with Crippen LogP contribution in [-0.4, -0.2) is 9.55 Å². The van der Waals surface area contributed by atoms with Gasteiger partial charge in [-0.3, -0.25) is 4.57 Å². The lowest BCUT2D eigenvalue weighted by Crippen LogP contribution is -2.25. The summed E-state index contributed by atoms with van der Waals surface area (Å²) >= 11 is 0. The molecule has 0 bridgehead atoms. The van der Waals surface area contributed by atoms with Gasteiger partial charge in [0.1, 0.15) is 5.82 Å². The molecule has 1 aromatic heterocycles. The molecule has 0 fully saturated rings. The number of nitrogens with zero attached hydrogens (tertiary/aromatic N) is 2. The van der Waals surface area contributed by atoms with Crippen LogP contribution in [0.4, 0.5) is 0 Å². The molecule has 0 aliphatic carbocycles. The van der Waals surface area contributed by atoms with E-state index in [1.165, 1.54) is 27.9 Å². The topological polar surface area (TPSA) is 17.8 Å². The number of benzene rings is 2. The largest absolute Gasteiger partial charge is 0.299 e. The van der Waals surface area contributed by atoms with Crippen molar-refractivity contribution in [1.29, 1.82) is 0 Å². The summed E-state index contributed by atoms with van der Waals surface area (Å²) in [5.74, 6) is 1.52. The maximum Gasteiger partial charge on any atom is 0.144 e. The molecular formula is C25H30N2. The summed E-state index contributed by atoms with van der Waals surface area (Å²) in [5.41, 5.74) is 6.32. The Morgan fingerprint density at radius 2 is 1.85 bits per heavy atom. The molecule has 2 aromatic carbocycles. The van der Waals surface area contributed by atoms with Crippen LogP contribution in [0.5, 0.6) is 0 Å². The monoisotopic (exact) mass is 358 g/mol. The lowest BCUT2D eigenvalue weighted by atomic mass is 9.73. The van der Waals surface area contributed by atoms with Gasteiger partial charge in [0.05, 0.1) is 5.69 Å². The van der Waals surface area contributed by atoms with Crippen molar-refractivity contribution in [3.05, 3.63) is 84.2 Å². The van der Waals surface area contributed by atoms with Gasteiger partial charge >= 0.3 is 0 Å². The second-order valence-corrected chi connectivity index (χ2v) is 8.12. The number of aromatic nitrogens is 2. The van der Waals surface area contributed by atoms with E-state index in [2.05, 4.69) is 94.4 Å². The van der Waals surface area contributed by atoms with Gasteiger partial charge in [-0.25, -0.2) is 4.98 Å². The normalized spacial score (nSPS) is 11.8. The highest BCUT2D eigenvalue weighted by atomic mass is 15.1. The van der Waals surface area contributed by atoms with Gasteiger partial charge in [0, 0.05) is 18.0 Å². The molecule has 3 rings (SSSR count). The molecule has 3 aromatic rings.